The van der Waals surface area contributed by atoms with Crippen LogP contribution in [-0.4, -0.2) is 34.5 Å². The molecule has 4 nitrogen and oxygen atoms in total. The first-order valence-electron chi connectivity index (χ1n) is 5.92. The summed E-state index contributed by atoms with van der Waals surface area (Å²) in [6.45, 7) is 6.37. The highest BCUT2D eigenvalue weighted by molar-refractivity contribution is 5.84. The van der Waals surface area contributed by atoms with Crippen LogP contribution in [0.25, 0.3) is 0 Å². The Morgan fingerprint density at radius 3 is 2.56 bits per heavy atom. The van der Waals surface area contributed by atoms with Crippen LogP contribution in [-0.2, 0) is 9.59 Å². The lowest BCUT2D eigenvalue weighted by molar-refractivity contribution is -0.158. The molecule has 1 rings (SSSR count). The summed E-state index contributed by atoms with van der Waals surface area (Å²) in [4.78, 5) is 24.7. The van der Waals surface area contributed by atoms with E-state index >= 15 is 0 Å². The van der Waals surface area contributed by atoms with E-state index in [9.17, 15) is 14.7 Å². The average molecular weight is 227 g/mol. The van der Waals surface area contributed by atoms with E-state index in [4.69, 9.17) is 0 Å². The van der Waals surface area contributed by atoms with E-state index in [1.165, 1.54) is 0 Å². The summed E-state index contributed by atoms with van der Waals surface area (Å²) in [6, 6.07) is -0.666. The van der Waals surface area contributed by atoms with E-state index in [-0.39, 0.29) is 11.3 Å². The quantitative estimate of drug-likeness (QED) is 0.801. The molecule has 0 aromatic rings. The molecule has 1 fully saturated rings. The number of likely N-dealkylation sites (tertiary alicyclic amines) is 1. The van der Waals surface area contributed by atoms with Crippen molar-refractivity contribution in [3.05, 3.63) is 0 Å². The molecule has 1 amide bonds. The Kier molecular flexibility index (Phi) is 3.94. The molecule has 0 aromatic heterocycles. The first-order chi connectivity index (χ1) is 7.40. The van der Waals surface area contributed by atoms with Gasteiger partial charge in [0.15, 0.2) is 0 Å². The molecule has 1 N–H and O–H groups in total. The predicted octanol–water partition coefficient (Wildman–Crippen LogP) is 1.89. The van der Waals surface area contributed by atoms with Crippen molar-refractivity contribution >= 4 is 11.9 Å². The zero-order valence-corrected chi connectivity index (χ0v) is 10.3. The maximum Gasteiger partial charge on any atom is 0.326 e. The van der Waals surface area contributed by atoms with Gasteiger partial charge in [0, 0.05) is 13.0 Å². The van der Waals surface area contributed by atoms with Gasteiger partial charge in [-0.3, -0.25) is 4.79 Å². The average Bonchev–Trinajstić information content (AvgIpc) is 2.15. The number of hydrogen-bond acceptors (Lipinski definition) is 2. The maximum absolute atomic E-state index is 11.9. The fraction of sp³-hybridized carbons (Fsp3) is 0.833. The number of aliphatic carboxylic acids is 1. The molecule has 1 aliphatic heterocycles. The number of carbonyl (C=O) groups excluding carboxylic acids is 1. The molecule has 16 heavy (non-hydrogen) atoms. The van der Waals surface area contributed by atoms with Gasteiger partial charge >= 0.3 is 5.97 Å². The normalized spacial score (nSPS) is 24.2. The van der Waals surface area contributed by atoms with Gasteiger partial charge in [0.25, 0.3) is 0 Å². The Bertz CT molecular complexity index is 286. The van der Waals surface area contributed by atoms with Crippen molar-refractivity contribution in [3.63, 3.8) is 0 Å². The fourth-order valence-corrected chi connectivity index (χ4v) is 2.49. The van der Waals surface area contributed by atoms with Crippen molar-refractivity contribution < 1.29 is 14.7 Å². The minimum atomic E-state index is -0.880. The molecule has 1 unspecified atom stereocenters. The summed E-state index contributed by atoms with van der Waals surface area (Å²) < 4.78 is 0. The van der Waals surface area contributed by atoms with Crippen LogP contribution in [0.3, 0.4) is 0 Å². The largest absolute Gasteiger partial charge is 0.480 e. The summed E-state index contributed by atoms with van der Waals surface area (Å²) in [7, 11) is 0. The van der Waals surface area contributed by atoms with Crippen LogP contribution in [0.2, 0.25) is 0 Å². The molecular formula is C12H21NO3. The third-order valence-electron chi connectivity index (χ3n) is 3.29. The summed E-state index contributed by atoms with van der Waals surface area (Å²) in [5.74, 6) is -0.906. The second-order valence-electron chi connectivity index (χ2n) is 5.17. The molecule has 4 heteroatoms. The van der Waals surface area contributed by atoms with E-state index in [0.29, 0.717) is 13.0 Å². The van der Waals surface area contributed by atoms with Crippen molar-refractivity contribution in [1.29, 1.82) is 0 Å². The van der Waals surface area contributed by atoms with Crippen LogP contribution in [0.5, 0.6) is 0 Å². The van der Waals surface area contributed by atoms with Gasteiger partial charge in [-0.2, -0.15) is 0 Å². The van der Waals surface area contributed by atoms with E-state index in [2.05, 4.69) is 0 Å². The highest BCUT2D eigenvalue weighted by Crippen LogP contribution is 2.35. The van der Waals surface area contributed by atoms with Crippen molar-refractivity contribution in [3.8, 4) is 0 Å². The van der Waals surface area contributed by atoms with E-state index < -0.39 is 12.0 Å². The third kappa shape index (κ3) is 2.54. The number of carboxylic acid groups (broad SMARTS) is 1. The number of carbonyl (C=O) groups is 2. The molecule has 0 aromatic carbocycles. The van der Waals surface area contributed by atoms with Crippen LogP contribution in [0.4, 0.5) is 0 Å². The van der Waals surface area contributed by atoms with Gasteiger partial charge in [0.2, 0.25) is 5.91 Å². The molecule has 0 bridgehead atoms. The minimum absolute atomic E-state index is 0.0253. The molecule has 1 aliphatic rings. The first-order valence-corrected chi connectivity index (χ1v) is 5.92. The van der Waals surface area contributed by atoms with Gasteiger partial charge in [0.05, 0.1) is 0 Å². The van der Waals surface area contributed by atoms with E-state index in [1.807, 2.05) is 20.8 Å². The van der Waals surface area contributed by atoms with Crippen LogP contribution in [0, 0.1) is 5.41 Å². The summed E-state index contributed by atoms with van der Waals surface area (Å²) >= 11 is 0. The van der Waals surface area contributed by atoms with Gasteiger partial charge in [-0.1, -0.05) is 20.8 Å². The molecule has 0 spiro atoms. The zero-order chi connectivity index (χ0) is 12.3. The predicted molar refractivity (Wildman–Crippen MR) is 61.1 cm³/mol. The second kappa shape index (κ2) is 4.85. The number of hydrogen-bond donors (Lipinski definition) is 1. The third-order valence-corrected chi connectivity index (χ3v) is 3.29. The van der Waals surface area contributed by atoms with Crippen molar-refractivity contribution in [2.45, 2.75) is 52.5 Å². The standard InChI is InChI=1S/C12H21NO3/c1-4-6-9(14)13-8-5-7-12(2,3)10(13)11(15)16/h10H,4-8H2,1-3H3,(H,15,16). The highest BCUT2D eigenvalue weighted by Gasteiger charge is 2.44. The number of piperidine rings is 1. The lowest BCUT2D eigenvalue weighted by Crippen LogP contribution is -2.56. The molecule has 0 radical (unpaired) electrons. The maximum atomic E-state index is 11.9. The number of nitrogens with zero attached hydrogens (tertiary/aromatic N) is 1. The van der Waals surface area contributed by atoms with Crippen molar-refractivity contribution in [2.24, 2.45) is 5.41 Å². The monoisotopic (exact) mass is 227 g/mol. The molecule has 0 saturated carbocycles. The first kappa shape index (κ1) is 13.0. The molecule has 0 aliphatic carbocycles. The van der Waals surface area contributed by atoms with Crippen LogP contribution in [0.15, 0.2) is 0 Å². The van der Waals surface area contributed by atoms with Gasteiger partial charge in [-0.25, -0.2) is 4.79 Å². The Labute approximate surface area is 96.6 Å². The van der Waals surface area contributed by atoms with Crippen molar-refractivity contribution in [1.82, 2.24) is 4.90 Å². The Morgan fingerprint density at radius 1 is 1.44 bits per heavy atom. The topological polar surface area (TPSA) is 57.6 Å². The fourth-order valence-electron chi connectivity index (χ4n) is 2.49. The SMILES string of the molecule is CCCC(=O)N1CCCC(C)(C)C1C(=O)O. The zero-order valence-electron chi connectivity index (χ0n) is 10.3. The van der Waals surface area contributed by atoms with E-state index in [0.717, 1.165) is 19.3 Å². The van der Waals surface area contributed by atoms with Gasteiger partial charge in [-0.05, 0) is 24.7 Å². The summed E-state index contributed by atoms with van der Waals surface area (Å²) in [6.07, 6.45) is 2.97. The second-order valence-corrected chi connectivity index (χ2v) is 5.17. The molecular weight excluding hydrogens is 206 g/mol. The van der Waals surface area contributed by atoms with Crippen LogP contribution < -0.4 is 0 Å². The highest BCUT2D eigenvalue weighted by atomic mass is 16.4. The molecule has 1 saturated heterocycles. The van der Waals surface area contributed by atoms with Crippen molar-refractivity contribution in [2.75, 3.05) is 6.54 Å². The lowest BCUT2D eigenvalue weighted by atomic mass is 9.76. The smallest absolute Gasteiger partial charge is 0.326 e. The van der Waals surface area contributed by atoms with Gasteiger partial charge in [0.1, 0.15) is 6.04 Å². The van der Waals surface area contributed by atoms with Gasteiger partial charge < -0.3 is 10.0 Å². The molecule has 1 atom stereocenters. The number of amides is 1. The minimum Gasteiger partial charge on any atom is -0.480 e. The van der Waals surface area contributed by atoms with Crippen LogP contribution >= 0.6 is 0 Å². The Hall–Kier alpha value is -1.06. The Morgan fingerprint density at radius 2 is 2.06 bits per heavy atom. The molecule has 92 valence electrons. The van der Waals surface area contributed by atoms with Gasteiger partial charge in [-0.15, -0.1) is 0 Å². The Balaban J connectivity index is 2.89. The number of rotatable bonds is 3. The van der Waals surface area contributed by atoms with Crippen LogP contribution in [0.1, 0.15) is 46.5 Å². The summed E-state index contributed by atoms with van der Waals surface area (Å²) in [5, 5.41) is 9.27. The van der Waals surface area contributed by atoms with E-state index in [1.54, 1.807) is 4.90 Å². The number of carboxylic acids is 1. The summed E-state index contributed by atoms with van der Waals surface area (Å²) in [5.41, 5.74) is -0.326. The molecule has 1 heterocycles. The lowest BCUT2D eigenvalue weighted by Gasteiger charge is -2.44.